The molecule has 0 saturated heterocycles. The first-order valence-corrected chi connectivity index (χ1v) is 7.80. The van der Waals surface area contributed by atoms with E-state index in [1.165, 1.54) is 6.20 Å². The van der Waals surface area contributed by atoms with E-state index >= 15 is 0 Å². The highest BCUT2D eigenvalue weighted by Gasteiger charge is 2.13. The Morgan fingerprint density at radius 2 is 1.89 bits per heavy atom. The maximum atomic E-state index is 12.1. The number of pyridine rings is 1. The fourth-order valence-corrected chi connectivity index (χ4v) is 2.81. The van der Waals surface area contributed by atoms with Gasteiger partial charge in [0.05, 0.1) is 16.8 Å². The van der Waals surface area contributed by atoms with Gasteiger partial charge in [-0.1, -0.05) is 28.1 Å². The van der Waals surface area contributed by atoms with Crippen molar-refractivity contribution in [3.63, 3.8) is 0 Å². The Morgan fingerprint density at radius 3 is 2.44 bits per heavy atom. The molecular formula is C12H11BrN2O2S. The summed E-state index contributed by atoms with van der Waals surface area (Å²) >= 11 is 3.31. The summed E-state index contributed by atoms with van der Waals surface area (Å²) in [6.07, 6.45) is 3.05. The lowest BCUT2D eigenvalue weighted by molar-refractivity contribution is 0.601. The van der Waals surface area contributed by atoms with Crippen LogP contribution in [0.2, 0.25) is 0 Å². The van der Waals surface area contributed by atoms with Crippen molar-refractivity contribution in [3.8, 4) is 0 Å². The zero-order valence-electron chi connectivity index (χ0n) is 9.38. The largest absolute Gasteiger partial charge is 0.278 e. The van der Waals surface area contributed by atoms with Crippen LogP contribution >= 0.6 is 15.9 Å². The number of nitrogens with zero attached hydrogens (tertiary/aromatic N) is 1. The van der Waals surface area contributed by atoms with Gasteiger partial charge < -0.3 is 0 Å². The molecular weight excluding hydrogens is 316 g/mol. The van der Waals surface area contributed by atoms with Gasteiger partial charge in [-0.3, -0.25) is 9.71 Å². The molecule has 0 unspecified atom stereocenters. The van der Waals surface area contributed by atoms with Crippen LogP contribution in [0.5, 0.6) is 0 Å². The first-order chi connectivity index (χ1) is 8.62. The second kappa shape index (κ2) is 5.49. The number of nitrogens with one attached hydrogen (secondary N) is 1. The molecule has 0 bridgehead atoms. The quantitative estimate of drug-likeness (QED) is 0.879. The van der Waals surface area contributed by atoms with Crippen molar-refractivity contribution in [1.29, 1.82) is 0 Å². The molecule has 0 atom stereocenters. The van der Waals surface area contributed by atoms with Gasteiger partial charge in [0.2, 0.25) is 0 Å². The van der Waals surface area contributed by atoms with E-state index < -0.39 is 10.0 Å². The molecule has 1 aromatic heterocycles. The van der Waals surface area contributed by atoms with Gasteiger partial charge in [-0.25, -0.2) is 8.42 Å². The zero-order chi connectivity index (χ0) is 13.0. The molecule has 0 aliphatic heterocycles. The van der Waals surface area contributed by atoms with Gasteiger partial charge >= 0.3 is 0 Å². The van der Waals surface area contributed by atoms with E-state index in [2.05, 4.69) is 25.6 Å². The van der Waals surface area contributed by atoms with Crippen LogP contribution in [0.25, 0.3) is 0 Å². The normalized spacial score (nSPS) is 11.2. The number of halogens is 1. The molecule has 0 saturated carbocycles. The minimum Gasteiger partial charge on any atom is -0.278 e. The molecule has 2 aromatic rings. The highest BCUT2D eigenvalue weighted by molar-refractivity contribution is 9.08. The van der Waals surface area contributed by atoms with Crippen LogP contribution in [0.15, 0.2) is 53.7 Å². The summed E-state index contributed by atoms with van der Waals surface area (Å²) < 4.78 is 26.6. The zero-order valence-corrected chi connectivity index (χ0v) is 11.8. The second-order valence-electron chi connectivity index (χ2n) is 3.62. The molecule has 1 aromatic carbocycles. The first kappa shape index (κ1) is 13.0. The summed E-state index contributed by atoms with van der Waals surface area (Å²) in [7, 11) is -3.54. The van der Waals surface area contributed by atoms with Gasteiger partial charge in [-0.2, -0.15) is 0 Å². The van der Waals surface area contributed by atoms with Crippen molar-refractivity contribution < 1.29 is 8.42 Å². The predicted molar refractivity (Wildman–Crippen MR) is 74.1 cm³/mol. The molecule has 0 fully saturated rings. The third kappa shape index (κ3) is 3.08. The highest BCUT2D eigenvalue weighted by atomic mass is 79.9. The minimum atomic E-state index is -3.54. The van der Waals surface area contributed by atoms with Crippen LogP contribution in [-0.2, 0) is 15.4 Å². The topological polar surface area (TPSA) is 59.1 Å². The molecule has 18 heavy (non-hydrogen) atoms. The van der Waals surface area contributed by atoms with Gasteiger partial charge in [0.25, 0.3) is 10.0 Å². The molecule has 0 aliphatic rings. The molecule has 6 heteroatoms. The monoisotopic (exact) mass is 326 g/mol. The summed E-state index contributed by atoms with van der Waals surface area (Å²) in [5.41, 5.74) is 1.47. The van der Waals surface area contributed by atoms with Crippen LogP contribution in [0.3, 0.4) is 0 Å². The van der Waals surface area contributed by atoms with Crippen molar-refractivity contribution in [2.75, 3.05) is 4.72 Å². The van der Waals surface area contributed by atoms with Crippen LogP contribution in [0, 0.1) is 0 Å². The molecule has 0 radical (unpaired) electrons. The number of aromatic nitrogens is 1. The first-order valence-electron chi connectivity index (χ1n) is 5.19. The maximum absolute atomic E-state index is 12.1. The summed E-state index contributed by atoms with van der Waals surface area (Å²) in [5, 5.41) is 0.698. The Labute approximate surface area is 114 Å². The van der Waals surface area contributed by atoms with Gasteiger partial charge in [0.15, 0.2) is 0 Å². The lowest BCUT2D eigenvalue weighted by atomic mass is 10.2. The van der Waals surface area contributed by atoms with Gasteiger partial charge in [-0.05, 0) is 29.8 Å². The van der Waals surface area contributed by atoms with Crippen molar-refractivity contribution in [1.82, 2.24) is 4.98 Å². The van der Waals surface area contributed by atoms with Crippen molar-refractivity contribution >= 4 is 31.6 Å². The van der Waals surface area contributed by atoms with E-state index in [-0.39, 0.29) is 4.90 Å². The van der Waals surface area contributed by atoms with Crippen molar-refractivity contribution in [3.05, 3.63) is 54.4 Å². The minimum absolute atomic E-state index is 0.232. The molecule has 4 nitrogen and oxygen atoms in total. The number of anilines is 1. The molecule has 0 amide bonds. The van der Waals surface area contributed by atoms with Gasteiger partial charge in [-0.15, -0.1) is 0 Å². The Balaban J connectivity index is 2.25. The smallest absolute Gasteiger partial charge is 0.261 e. The third-order valence-corrected chi connectivity index (χ3v) is 4.35. The predicted octanol–water partition coefficient (Wildman–Crippen LogP) is 2.78. The second-order valence-corrected chi connectivity index (χ2v) is 5.87. The summed E-state index contributed by atoms with van der Waals surface area (Å²) in [4.78, 5) is 4.09. The standard InChI is InChI=1S/C12H11BrN2O2S/c13-8-10-3-5-12(6-4-10)18(16,17)15-11-2-1-7-14-9-11/h1-7,9,15H,8H2. The Hall–Kier alpha value is -1.40. The molecule has 0 spiro atoms. The molecule has 1 N–H and O–H groups in total. The summed E-state index contributed by atoms with van der Waals surface area (Å²) in [6.45, 7) is 0. The number of sulfonamides is 1. The molecule has 94 valence electrons. The van der Waals surface area contributed by atoms with Crippen molar-refractivity contribution in [2.45, 2.75) is 10.2 Å². The van der Waals surface area contributed by atoms with Crippen LogP contribution in [0.1, 0.15) is 5.56 Å². The summed E-state index contributed by atoms with van der Waals surface area (Å²) in [5.74, 6) is 0. The van der Waals surface area contributed by atoms with E-state index in [4.69, 9.17) is 0 Å². The van der Waals surface area contributed by atoms with Crippen LogP contribution < -0.4 is 4.72 Å². The van der Waals surface area contributed by atoms with Crippen molar-refractivity contribution in [2.24, 2.45) is 0 Å². The maximum Gasteiger partial charge on any atom is 0.261 e. The molecule has 0 aliphatic carbocycles. The van der Waals surface area contributed by atoms with E-state index in [9.17, 15) is 8.42 Å². The number of rotatable bonds is 4. The number of hydrogen-bond donors (Lipinski definition) is 1. The fourth-order valence-electron chi connectivity index (χ4n) is 1.39. The van der Waals surface area contributed by atoms with E-state index in [1.54, 1.807) is 42.6 Å². The van der Waals surface area contributed by atoms with Crippen LogP contribution in [-0.4, -0.2) is 13.4 Å². The molecule has 1 heterocycles. The Kier molecular flexibility index (Phi) is 3.98. The van der Waals surface area contributed by atoms with Gasteiger partial charge in [0.1, 0.15) is 0 Å². The van der Waals surface area contributed by atoms with E-state index in [0.29, 0.717) is 11.0 Å². The van der Waals surface area contributed by atoms with E-state index in [1.807, 2.05) is 0 Å². The number of hydrogen-bond acceptors (Lipinski definition) is 3. The van der Waals surface area contributed by atoms with Crippen LogP contribution in [0.4, 0.5) is 5.69 Å². The number of benzene rings is 1. The lowest BCUT2D eigenvalue weighted by Gasteiger charge is -2.07. The molecule has 2 rings (SSSR count). The number of alkyl halides is 1. The lowest BCUT2D eigenvalue weighted by Crippen LogP contribution is -2.12. The van der Waals surface area contributed by atoms with E-state index in [0.717, 1.165) is 5.56 Å². The SMILES string of the molecule is O=S(=O)(Nc1cccnc1)c1ccc(CBr)cc1. The average molecular weight is 327 g/mol. The highest BCUT2D eigenvalue weighted by Crippen LogP contribution is 2.16. The Bertz CT molecular complexity index is 612. The summed E-state index contributed by atoms with van der Waals surface area (Å²) in [6, 6.07) is 10.0. The third-order valence-electron chi connectivity index (χ3n) is 2.30. The average Bonchev–Trinajstić information content (AvgIpc) is 2.39. The van der Waals surface area contributed by atoms with Gasteiger partial charge in [0, 0.05) is 11.5 Å². The fraction of sp³-hybridized carbons (Fsp3) is 0.0833. The Morgan fingerprint density at radius 1 is 1.17 bits per heavy atom.